The van der Waals surface area contributed by atoms with Crippen molar-refractivity contribution in [2.24, 2.45) is 5.92 Å². The van der Waals surface area contributed by atoms with Crippen LogP contribution in [0.1, 0.15) is 32.3 Å². The van der Waals surface area contributed by atoms with Crippen LogP contribution in [0.2, 0.25) is 0 Å². The van der Waals surface area contributed by atoms with Crippen molar-refractivity contribution in [2.45, 2.75) is 26.7 Å². The lowest BCUT2D eigenvalue weighted by Crippen LogP contribution is -2.42. The minimum Gasteiger partial charge on any atom is -0.497 e. The highest BCUT2D eigenvalue weighted by molar-refractivity contribution is 5.95. The van der Waals surface area contributed by atoms with E-state index in [0.29, 0.717) is 6.54 Å². The standard InChI is InChI=1S/C21H26N2O5/c1-13(2)11-22-21(26)23-19(24)12-28-20(25)14(3)15-5-6-17-10-18(27-4)8-7-16(17)9-15/h5-10,13-14H,11-12H2,1-4H3,(H2,22,23,24,26)/t14-/m0/s1. The van der Waals surface area contributed by atoms with E-state index in [4.69, 9.17) is 9.47 Å². The second-order valence-electron chi connectivity index (χ2n) is 6.95. The number of imide groups is 1. The molecule has 2 N–H and O–H groups in total. The predicted molar refractivity (Wildman–Crippen MR) is 106 cm³/mol. The highest BCUT2D eigenvalue weighted by atomic mass is 16.5. The topological polar surface area (TPSA) is 93.7 Å². The first-order valence-electron chi connectivity index (χ1n) is 9.12. The van der Waals surface area contributed by atoms with E-state index in [9.17, 15) is 14.4 Å². The van der Waals surface area contributed by atoms with Crippen molar-refractivity contribution in [3.05, 3.63) is 42.0 Å². The van der Waals surface area contributed by atoms with E-state index >= 15 is 0 Å². The number of carbonyl (C=O) groups is 3. The van der Waals surface area contributed by atoms with Crippen LogP contribution in [0, 0.1) is 5.92 Å². The molecule has 28 heavy (non-hydrogen) atoms. The van der Waals surface area contributed by atoms with Crippen LogP contribution < -0.4 is 15.4 Å². The Morgan fingerprint density at radius 3 is 2.36 bits per heavy atom. The number of fused-ring (bicyclic) bond motifs is 1. The Bertz CT molecular complexity index is 863. The van der Waals surface area contributed by atoms with Gasteiger partial charge in [-0.15, -0.1) is 0 Å². The molecule has 0 unspecified atom stereocenters. The molecule has 0 bridgehead atoms. The van der Waals surface area contributed by atoms with E-state index in [2.05, 4.69) is 10.6 Å². The van der Waals surface area contributed by atoms with E-state index in [-0.39, 0.29) is 5.92 Å². The molecule has 2 aromatic carbocycles. The van der Waals surface area contributed by atoms with Crippen molar-refractivity contribution in [3.8, 4) is 5.75 Å². The third-order valence-corrected chi connectivity index (χ3v) is 4.19. The minimum atomic E-state index is -0.674. The molecule has 0 aliphatic heterocycles. The molecule has 7 heteroatoms. The number of urea groups is 1. The maximum atomic E-state index is 12.3. The molecule has 2 rings (SSSR count). The zero-order valence-electron chi connectivity index (χ0n) is 16.6. The summed E-state index contributed by atoms with van der Waals surface area (Å²) in [7, 11) is 1.61. The number of nitrogens with one attached hydrogen (secondary N) is 2. The summed E-state index contributed by atoms with van der Waals surface area (Å²) in [6.45, 7) is 5.52. The van der Waals surface area contributed by atoms with Crippen LogP contribution >= 0.6 is 0 Å². The lowest BCUT2D eigenvalue weighted by atomic mass is 9.98. The number of methoxy groups -OCH3 is 1. The van der Waals surface area contributed by atoms with Gasteiger partial charge in [0.2, 0.25) is 0 Å². The van der Waals surface area contributed by atoms with Crippen molar-refractivity contribution in [3.63, 3.8) is 0 Å². The summed E-state index contributed by atoms with van der Waals surface area (Å²) in [5.74, 6) is -0.731. The van der Waals surface area contributed by atoms with Crippen LogP contribution in [0.4, 0.5) is 4.79 Å². The molecule has 0 saturated carbocycles. The Morgan fingerprint density at radius 1 is 1.00 bits per heavy atom. The summed E-state index contributed by atoms with van der Waals surface area (Å²) in [5.41, 5.74) is 0.776. The Hall–Kier alpha value is -3.09. The van der Waals surface area contributed by atoms with Crippen molar-refractivity contribution in [1.29, 1.82) is 0 Å². The molecule has 1 atom stereocenters. The fraction of sp³-hybridized carbons (Fsp3) is 0.381. The number of carbonyl (C=O) groups excluding carboxylic acids is 3. The quantitative estimate of drug-likeness (QED) is 0.714. The zero-order chi connectivity index (χ0) is 20.7. The van der Waals surface area contributed by atoms with Gasteiger partial charge in [0, 0.05) is 6.54 Å². The number of hydrogen-bond acceptors (Lipinski definition) is 5. The van der Waals surface area contributed by atoms with Crippen LogP contribution in [0.15, 0.2) is 36.4 Å². The van der Waals surface area contributed by atoms with E-state index < -0.39 is 30.4 Å². The first kappa shape index (κ1) is 21.2. The smallest absolute Gasteiger partial charge is 0.321 e. The minimum absolute atomic E-state index is 0.266. The van der Waals surface area contributed by atoms with Gasteiger partial charge in [-0.25, -0.2) is 4.79 Å². The molecule has 0 radical (unpaired) electrons. The number of esters is 1. The maximum absolute atomic E-state index is 12.3. The molecule has 3 amide bonds. The molecular formula is C21H26N2O5. The molecule has 7 nitrogen and oxygen atoms in total. The number of benzene rings is 2. The normalized spacial score (nSPS) is 11.8. The molecule has 0 saturated heterocycles. The van der Waals surface area contributed by atoms with Gasteiger partial charge in [-0.3, -0.25) is 14.9 Å². The van der Waals surface area contributed by atoms with Gasteiger partial charge in [0.1, 0.15) is 5.75 Å². The molecule has 0 spiro atoms. The fourth-order valence-corrected chi connectivity index (χ4v) is 2.54. The van der Waals surface area contributed by atoms with Crippen LogP contribution in [0.5, 0.6) is 5.75 Å². The van der Waals surface area contributed by atoms with Crippen LogP contribution in [0.25, 0.3) is 10.8 Å². The number of ether oxygens (including phenoxy) is 2. The monoisotopic (exact) mass is 386 g/mol. The van der Waals surface area contributed by atoms with Crippen molar-refractivity contribution >= 4 is 28.7 Å². The first-order valence-corrected chi connectivity index (χ1v) is 9.12. The van der Waals surface area contributed by atoms with Gasteiger partial charge in [-0.05, 0) is 41.3 Å². The summed E-state index contributed by atoms with van der Waals surface area (Å²) < 4.78 is 10.3. The molecule has 0 aliphatic rings. The lowest BCUT2D eigenvalue weighted by Gasteiger charge is -2.13. The van der Waals surface area contributed by atoms with Gasteiger partial charge in [-0.2, -0.15) is 0 Å². The maximum Gasteiger partial charge on any atom is 0.321 e. The number of rotatable bonds is 7. The third kappa shape index (κ3) is 5.97. The Kier molecular flexibility index (Phi) is 7.37. The summed E-state index contributed by atoms with van der Waals surface area (Å²) in [5, 5.41) is 6.65. The molecule has 0 fully saturated rings. The molecule has 0 aromatic heterocycles. The van der Waals surface area contributed by atoms with Crippen LogP contribution in [0.3, 0.4) is 0 Å². The lowest BCUT2D eigenvalue weighted by molar-refractivity contribution is -0.149. The van der Waals surface area contributed by atoms with Gasteiger partial charge in [0.15, 0.2) is 6.61 Å². The highest BCUT2D eigenvalue weighted by Gasteiger charge is 2.19. The fourth-order valence-electron chi connectivity index (χ4n) is 2.54. The largest absolute Gasteiger partial charge is 0.497 e. The second-order valence-corrected chi connectivity index (χ2v) is 6.95. The van der Waals surface area contributed by atoms with Gasteiger partial charge in [-0.1, -0.05) is 38.1 Å². The van der Waals surface area contributed by atoms with Crippen molar-refractivity contribution < 1.29 is 23.9 Å². The third-order valence-electron chi connectivity index (χ3n) is 4.19. The average molecular weight is 386 g/mol. The number of amides is 3. The molecule has 2 aromatic rings. The van der Waals surface area contributed by atoms with Gasteiger partial charge < -0.3 is 14.8 Å². The van der Waals surface area contributed by atoms with Gasteiger partial charge >= 0.3 is 12.0 Å². The second kappa shape index (κ2) is 9.73. The number of hydrogen-bond donors (Lipinski definition) is 2. The van der Waals surface area contributed by atoms with E-state index in [1.165, 1.54) is 0 Å². The Morgan fingerprint density at radius 2 is 1.68 bits per heavy atom. The van der Waals surface area contributed by atoms with Gasteiger partial charge in [0.05, 0.1) is 13.0 Å². The summed E-state index contributed by atoms with van der Waals surface area (Å²) >= 11 is 0. The van der Waals surface area contributed by atoms with E-state index in [1.807, 2.05) is 50.2 Å². The summed E-state index contributed by atoms with van der Waals surface area (Å²) in [6, 6.07) is 10.7. The molecule has 0 aliphatic carbocycles. The first-order chi connectivity index (χ1) is 13.3. The van der Waals surface area contributed by atoms with E-state index in [0.717, 1.165) is 22.1 Å². The van der Waals surface area contributed by atoms with Crippen LogP contribution in [-0.2, 0) is 14.3 Å². The SMILES string of the molecule is COc1ccc2cc([C@H](C)C(=O)OCC(=O)NC(=O)NCC(C)C)ccc2c1. The molecular weight excluding hydrogens is 360 g/mol. The average Bonchev–Trinajstić information content (AvgIpc) is 2.69. The van der Waals surface area contributed by atoms with Crippen LogP contribution in [-0.4, -0.2) is 38.2 Å². The Labute approximate surface area is 164 Å². The van der Waals surface area contributed by atoms with E-state index in [1.54, 1.807) is 14.0 Å². The summed E-state index contributed by atoms with van der Waals surface area (Å²) in [6.07, 6.45) is 0. The highest BCUT2D eigenvalue weighted by Crippen LogP contribution is 2.25. The predicted octanol–water partition coefficient (Wildman–Crippen LogP) is 2.98. The summed E-state index contributed by atoms with van der Waals surface area (Å²) in [4.78, 5) is 35.5. The molecule has 150 valence electrons. The van der Waals surface area contributed by atoms with Crippen molar-refractivity contribution in [2.75, 3.05) is 20.3 Å². The zero-order valence-corrected chi connectivity index (χ0v) is 16.6. The Balaban J connectivity index is 1.90. The van der Waals surface area contributed by atoms with Gasteiger partial charge in [0.25, 0.3) is 5.91 Å². The molecule has 0 heterocycles. The van der Waals surface area contributed by atoms with Crippen molar-refractivity contribution in [1.82, 2.24) is 10.6 Å².